The van der Waals surface area contributed by atoms with Crippen LogP contribution in [0.25, 0.3) is 11.6 Å². The smallest absolute Gasteiger partial charge is 0.330 e. The van der Waals surface area contributed by atoms with Crippen LogP contribution in [0.1, 0.15) is 11.1 Å². The molecule has 0 radical (unpaired) electrons. The molecule has 0 saturated heterocycles. The summed E-state index contributed by atoms with van der Waals surface area (Å²) < 4.78 is 4.56. The van der Waals surface area contributed by atoms with E-state index in [2.05, 4.69) is 35.1 Å². The van der Waals surface area contributed by atoms with Crippen molar-refractivity contribution in [3.63, 3.8) is 0 Å². The first-order chi connectivity index (χ1) is 10.8. The zero-order valence-electron chi connectivity index (χ0n) is 12.5. The summed E-state index contributed by atoms with van der Waals surface area (Å²) in [5, 5.41) is 0. The molecule has 0 heterocycles. The van der Waals surface area contributed by atoms with Crippen LogP contribution < -0.4 is 0 Å². The molecule has 22 heavy (non-hydrogen) atoms. The number of hydrogen-bond donors (Lipinski definition) is 0. The summed E-state index contributed by atoms with van der Waals surface area (Å²) in [4.78, 5) is 11.1. The molecule has 0 amide bonds. The van der Waals surface area contributed by atoms with Crippen LogP contribution in [0.5, 0.6) is 0 Å². The third-order valence-electron chi connectivity index (χ3n) is 3.05. The molecule has 0 spiro atoms. The van der Waals surface area contributed by atoms with Crippen molar-refractivity contribution in [3.05, 3.63) is 96.1 Å². The fourth-order valence-electron chi connectivity index (χ4n) is 1.95. The van der Waals surface area contributed by atoms with Crippen molar-refractivity contribution in [1.82, 2.24) is 0 Å². The molecule has 0 bridgehead atoms. The predicted molar refractivity (Wildman–Crippen MR) is 91.1 cm³/mol. The fourth-order valence-corrected chi connectivity index (χ4v) is 1.95. The lowest BCUT2D eigenvalue weighted by molar-refractivity contribution is -0.134. The van der Waals surface area contributed by atoms with Crippen LogP contribution in [0.2, 0.25) is 0 Å². The summed E-state index contributed by atoms with van der Waals surface area (Å²) in [5.41, 5.74) is 3.32. The highest BCUT2D eigenvalue weighted by Crippen LogP contribution is 2.19. The highest BCUT2D eigenvalue weighted by molar-refractivity contribution is 5.88. The van der Waals surface area contributed by atoms with E-state index in [1.165, 1.54) is 13.2 Å². The Hall–Kier alpha value is -2.87. The van der Waals surface area contributed by atoms with E-state index in [4.69, 9.17) is 0 Å². The number of ether oxygens (including phenoxy) is 1. The predicted octanol–water partition coefficient (Wildman–Crippen LogP) is 4.51. The number of carbonyl (C=O) groups excluding carboxylic acids is 1. The van der Waals surface area contributed by atoms with Gasteiger partial charge >= 0.3 is 5.97 Å². The lowest BCUT2D eigenvalue weighted by Crippen LogP contribution is -1.92. The molecule has 2 rings (SSSR count). The van der Waals surface area contributed by atoms with Gasteiger partial charge in [-0.15, -0.1) is 0 Å². The third-order valence-corrected chi connectivity index (χ3v) is 3.05. The van der Waals surface area contributed by atoms with E-state index in [0.717, 1.165) is 16.7 Å². The Balaban J connectivity index is 2.27. The molecule has 0 fully saturated rings. The summed E-state index contributed by atoms with van der Waals surface area (Å²) in [6.45, 7) is 0. The molecular formula is C20H18O2. The number of benzene rings is 2. The second kappa shape index (κ2) is 8.42. The van der Waals surface area contributed by atoms with Crippen molar-refractivity contribution in [2.45, 2.75) is 0 Å². The number of esters is 1. The third kappa shape index (κ3) is 4.91. The van der Waals surface area contributed by atoms with Gasteiger partial charge in [-0.1, -0.05) is 78.9 Å². The summed E-state index contributed by atoms with van der Waals surface area (Å²) >= 11 is 0. The van der Waals surface area contributed by atoms with Gasteiger partial charge in [-0.3, -0.25) is 0 Å². The monoisotopic (exact) mass is 290 g/mol. The number of methoxy groups -OCH3 is 1. The van der Waals surface area contributed by atoms with E-state index in [9.17, 15) is 4.79 Å². The molecule has 0 aliphatic carbocycles. The van der Waals surface area contributed by atoms with Gasteiger partial charge < -0.3 is 4.74 Å². The largest absolute Gasteiger partial charge is 0.466 e. The Labute approximate surface area is 131 Å². The maximum atomic E-state index is 11.1. The quantitative estimate of drug-likeness (QED) is 0.350. The van der Waals surface area contributed by atoms with Crippen LogP contribution in [0.3, 0.4) is 0 Å². The first-order valence-corrected chi connectivity index (χ1v) is 7.04. The molecule has 2 heteroatoms. The van der Waals surface area contributed by atoms with Crippen molar-refractivity contribution in [3.8, 4) is 0 Å². The van der Waals surface area contributed by atoms with Crippen molar-refractivity contribution in [1.29, 1.82) is 0 Å². The Morgan fingerprint density at radius 3 is 2.09 bits per heavy atom. The van der Waals surface area contributed by atoms with Gasteiger partial charge in [0.25, 0.3) is 0 Å². The molecule has 0 N–H and O–H groups in total. The lowest BCUT2D eigenvalue weighted by Gasteiger charge is -2.03. The Morgan fingerprint density at radius 2 is 1.45 bits per heavy atom. The minimum atomic E-state index is -0.363. The second-order valence-corrected chi connectivity index (χ2v) is 4.62. The maximum absolute atomic E-state index is 11.1. The standard InChI is InChI=1S/C20H18O2/c1-22-20(21)15-9-8-14-19(18-12-6-3-7-13-18)16-17-10-4-2-5-11-17/h2-16H,1H3/b14-8+,15-9+,19-16-. The van der Waals surface area contributed by atoms with Gasteiger partial charge in [0.1, 0.15) is 0 Å². The summed E-state index contributed by atoms with van der Waals surface area (Å²) in [6.07, 6.45) is 8.98. The Bertz CT molecular complexity index is 680. The molecule has 2 aromatic carbocycles. The second-order valence-electron chi connectivity index (χ2n) is 4.62. The zero-order chi connectivity index (χ0) is 15.6. The van der Waals surface area contributed by atoms with Gasteiger partial charge in [0.05, 0.1) is 7.11 Å². The van der Waals surface area contributed by atoms with E-state index < -0.39 is 0 Å². The average molecular weight is 290 g/mol. The molecule has 0 atom stereocenters. The highest BCUT2D eigenvalue weighted by atomic mass is 16.5. The Kier molecular flexibility index (Phi) is 5.94. The van der Waals surface area contributed by atoms with Gasteiger partial charge in [0.15, 0.2) is 0 Å². The summed E-state index contributed by atoms with van der Waals surface area (Å²) in [7, 11) is 1.36. The van der Waals surface area contributed by atoms with Crippen LogP contribution in [-0.2, 0) is 9.53 Å². The van der Waals surface area contributed by atoms with E-state index in [0.29, 0.717) is 0 Å². The van der Waals surface area contributed by atoms with Crippen LogP contribution >= 0.6 is 0 Å². The number of carbonyl (C=O) groups is 1. The molecule has 0 aliphatic heterocycles. The lowest BCUT2D eigenvalue weighted by atomic mass is 10.0. The molecule has 110 valence electrons. The molecule has 0 aliphatic rings. The number of rotatable bonds is 5. The molecular weight excluding hydrogens is 272 g/mol. The fraction of sp³-hybridized carbons (Fsp3) is 0.0500. The topological polar surface area (TPSA) is 26.3 Å². The summed E-state index contributed by atoms with van der Waals surface area (Å²) in [5.74, 6) is -0.363. The van der Waals surface area contributed by atoms with Gasteiger partial charge in [0, 0.05) is 6.08 Å². The molecule has 0 saturated carbocycles. The average Bonchev–Trinajstić information content (AvgIpc) is 2.59. The maximum Gasteiger partial charge on any atom is 0.330 e. The minimum absolute atomic E-state index is 0.363. The van der Waals surface area contributed by atoms with Crippen molar-refractivity contribution in [2.24, 2.45) is 0 Å². The SMILES string of the molecule is COC(=O)/C=C/C=C/C(=C/c1ccccc1)c1ccccc1. The number of hydrogen-bond acceptors (Lipinski definition) is 2. The molecule has 0 unspecified atom stereocenters. The van der Waals surface area contributed by atoms with Crippen molar-refractivity contribution >= 4 is 17.6 Å². The van der Waals surface area contributed by atoms with Crippen LogP contribution in [0.4, 0.5) is 0 Å². The first-order valence-electron chi connectivity index (χ1n) is 7.04. The summed E-state index contributed by atoms with van der Waals surface area (Å²) in [6, 6.07) is 20.2. The van der Waals surface area contributed by atoms with E-state index in [-0.39, 0.29) is 5.97 Å². The van der Waals surface area contributed by atoms with Crippen LogP contribution in [0.15, 0.2) is 85.0 Å². The van der Waals surface area contributed by atoms with E-state index in [1.54, 1.807) is 6.08 Å². The molecule has 0 aromatic heterocycles. The van der Waals surface area contributed by atoms with Gasteiger partial charge in [0.2, 0.25) is 0 Å². The zero-order valence-corrected chi connectivity index (χ0v) is 12.5. The molecule has 2 nitrogen and oxygen atoms in total. The van der Waals surface area contributed by atoms with Gasteiger partial charge in [-0.25, -0.2) is 4.79 Å². The van der Waals surface area contributed by atoms with Crippen LogP contribution in [0, 0.1) is 0 Å². The normalized spacial score (nSPS) is 12.0. The first kappa shape index (κ1) is 15.5. The highest BCUT2D eigenvalue weighted by Gasteiger charge is 1.97. The molecule has 2 aromatic rings. The van der Waals surface area contributed by atoms with Crippen LogP contribution in [-0.4, -0.2) is 13.1 Å². The number of allylic oxidation sites excluding steroid dienone is 4. The van der Waals surface area contributed by atoms with Crippen molar-refractivity contribution < 1.29 is 9.53 Å². The van der Waals surface area contributed by atoms with Gasteiger partial charge in [-0.2, -0.15) is 0 Å². The van der Waals surface area contributed by atoms with Crippen molar-refractivity contribution in [2.75, 3.05) is 7.11 Å². The minimum Gasteiger partial charge on any atom is -0.466 e. The van der Waals surface area contributed by atoms with E-state index in [1.807, 2.05) is 48.6 Å². The van der Waals surface area contributed by atoms with E-state index >= 15 is 0 Å². The Morgan fingerprint density at radius 1 is 0.864 bits per heavy atom. The van der Waals surface area contributed by atoms with Gasteiger partial charge in [-0.05, 0) is 22.8 Å².